The molecule has 0 N–H and O–H groups in total. The van der Waals surface area contributed by atoms with Gasteiger partial charge in [0.15, 0.2) is 0 Å². The first kappa shape index (κ1) is 24.2. The quantitative estimate of drug-likeness (QED) is 0.200. The number of rotatable bonds is 2. The maximum atomic E-state index is 4.63. The summed E-state index contributed by atoms with van der Waals surface area (Å²) < 4.78 is 0. The van der Waals surface area contributed by atoms with E-state index < -0.39 is 10.8 Å². The van der Waals surface area contributed by atoms with Gasteiger partial charge in [-0.3, -0.25) is 4.99 Å². The summed E-state index contributed by atoms with van der Waals surface area (Å²) in [7, 11) is 0. The molecule has 1 nitrogen and oxygen atoms in total. The molecule has 6 aromatic carbocycles. The molecule has 2 spiro atoms. The molecule has 0 bridgehead atoms. The topological polar surface area (TPSA) is 12.4 Å². The number of allylic oxidation sites excluding steroid dienone is 1. The van der Waals surface area contributed by atoms with Crippen LogP contribution in [0.1, 0.15) is 56.5 Å². The molecule has 0 atom stereocenters. The zero-order chi connectivity index (χ0) is 28.9. The Morgan fingerprint density at radius 3 is 1.30 bits per heavy atom. The van der Waals surface area contributed by atoms with Crippen LogP contribution in [0.25, 0.3) is 22.3 Å². The van der Waals surface area contributed by atoms with Gasteiger partial charge in [0.25, 0.3) is 0 Å². The average Bonchev–Trinajstić information content (AvgIpc) is 3.78. The van der Waals surface area contributed by atoms with Gasteiger partial charge in [0.1, 0.15) is 0 Å². The first-order chi connectivity index (χ1) is 21.8. The first-order valence-corrected chi connectivity index (χ1v) is 15.7. The van der Waals surface area contributed by atoms with Gasteiger partial charge in [-0.25, -0.2) is 0 Å². The molecule has 0 unspecified atom stereocenters. The van der Waals surface area contributed by atoms with Crippen LogP contribution < -0.4 is 0 Å². The highest BCUT2D eigenvalue weighted by Crippen LogP contribution is 2.67. The van der Waals surface area contributed by atoms with Gasteiger partial charge in [0.2, 0.25) is 0 Å². The second kappa shape index (κ2) is 8.65. The Balaban J connectivity index is 1.34. The Morgan fingerprint density at radius 2 is 0.841 bits per heavy atom. The Hall–Kier alpha value is -5.27. The lowest BCUT2D eigenvalue weighted by atomic mass is 9.52. The average molecular weight is 560 g/mol. The lowest BCUT2D eigenvalue weighted by molar-refractivity contribution is 0.633. The Kier molecular flexibility index (Phi) is 4.76. The van der Waals surface area contributed by atoms with Gasteiger partial charge in [-0.05, 0) is 72.3 Å². The van der Waals surface area contributed by atoms with Crippen LogP contribution in [0.15, 0.2) is 157 Å². The van der Waals surface area contributed by atoms with Gasteiger partial charge in [0, 0.05) is 24.8 Å². The highest BCUT2D eigenvalue weighted by atomic mass is 14.7. The zero-order valence-corrected chi connectivity index (χ0v) is 24.3. The van der Waals surface area contributed by atoms with Crippen molar-refractivity contribution in [2.24, 2.45) is 4.99 Å². The fourth-order valence-electron chi connectivity index (χ4n) is 9.15. The van der Waals surface area contributed by atoms with E-state index in [1.165, 1.54) is 78.0 Å². The van der Waals surface area contributed by atoms with Crippen LogP contribution in [-0.4, -0.2) is 5.71 Å². The number of fused-ring (bicyclic) bond motifs is 16. The molecule has 1 aliphatic heterocycles. The third-order valence-electron chi connectivity index (χ3n) is 10.7. The molecular formula is C43H29N. The summed E-state index contributed by atoms with van der Waals surface area (Å²) in [5, 5.41) is 0. The van der Waals surface area contributed by atoms with Crippen molar-refractivity contribution in [2.45, 2.75) is 23.7 Å². The molecule has 206 valence electrons. The number of hydrogen-bond donors (Lipinski definition) is 0. The predicted octanol–water partition coefficient (Wildman–Crippen LogP) is 9.63. The number of nitrogens with zero attached hydrogens (tertiary/aromatic N) is 1. The van der Waals surface area contributed by atoms with E-state index in [1.54, 1.807) is 0 Å². The highest BCUT2D eigenvalue weighted by molar-refractivity contribution is 5.94. The summed E-state index contributed by atoms with van der Waals surface area (Å²) in [6.45, 7) is 0. The minimum Gasteiger partial charge on any atom is -0.265 e. The lowest BCUT2D eigenvalue weighted by Gasteiger charge is -2.48. The number of hydrogen-bond acceptors (Lipinski definition) is 1. The van der Waals surface area contributed by atoms with Gasteiger partial charge in [-0.1, -0.05) is 146 Å². The molecule has 0 aromatic heterocycles. The van der Waals surface area contributed by atoms with Crippen molar-refractivity contribution in [2.75, 3.05) is 0 Å². The smallest absolute Gasteiger partial charge is 0.0720 e. The summed E-state index contributed by atoms with van der Waals surface area (Å²) in [6, 6.07) is 53.1. The molecule has 0 saturated heterocycles. The lowest BCUT2D eigenvalue weighted by Crippen LogP contribution is -2.43. The van der Waals surface area contributed by atoms with Crippen molar-refractivity contribution >= 4 is 5.71 Å². The second-order valence-electron chi connectivity index (χ2n) is 12.6. The van der Waals surface area contributed by atoms with Crippen LogP contribution in [0, 0.1) is 0 Å². The van der Waals surface area contributed by atoms with E-state index in [4.69, 9.17) is 0 Å². The van der Waals surface area contributed by atoms with Crippen molar-refractivity contribution in [3.63, 3.8) is 0 Å². The molecule has 6 aromatic rings. The molecule has 1 heterocycles. The van der Waals surface area contributed by atoms with Gasteiger partial charge in [-0.2, -0.15) is 0 Å². The van der Waals surface area contributed by atoms with Crippen molar-refractivity contribution < 1.29 is 0 Å². The molecule has 0 fully saturated rings. The molecular weight excluding hydrogens is 530 g/mol. The Bertz CT molecular complexity index is 2150. The molecule has 1 heteroatoms. The zero-order valence-electron chi connectivity index (χ0n) is 24.3. The van der Waals surface area contributed by atoms with Crippen LogP contribution >= 0.6 is 0 Å². The molecule has 3 aliphatic carbocycles. The molecule has 0 saturated carbocycles. The third-order valence-corrected chi connectivity index (χ3v) is 10.7. The summed E-state index contributed by atoms with van der Waals surface area (Å²) in [6.07, 6.45) is 5.93. The maximum Gasteiger partial charge on any atom is 0.0720 e. The molecule has 44 heavy (non-hydrogen) atoms. The Labute approximate surface area is 257 Å². The summed E-state index contributed by atoms with van der Waals surface area (Å²) >= 11 is 0. The van der Waals surface area contributed by atoms with Gasteiger partial charge < -0.3 is 0 Å². The molecule has 0 radical (unpaired) electrons. The standard InChI is InChI=1S/C43H29N/c1-4-16-34-30(13-1)31-14-2-5-17-35(31)42(34)38-19-7-9-21-40(38)43(41-22-10-8-20-39(41)42)36-18-6-3-15-32(36)33-27-28(23-24-37(33)43)26-29-12-11-25-44-29/h1-11,13-25,27H,12,26H2. The van der Waals surface area contributed by atoms with E-state index in [-0.39, 0.29) is 0 Å². The SMILES string of the molecule is C1=CN=C(Cc2ccc3c(c2)-c2ccccc2C32c3ccccc3C3(c4ccccc4-c4ccccc43)c3ccccc32)C1. The fourth-order valence-corrected chi connectivity index (χ4v) is 9.15. The van der Waals surface area contributed by atoms with Crippen LogP contribution in [0.5, 0.6) is 0 Å². The largest absolute Gasteiger partial charge is 0.265 e. The van der Waals surface area contributed by atoms with E-state index >= 15 is 0 Å². The molecule has 10 rings (SSSR count). The van der Waals surface area contributed by atoms with Gasteiger partial charge in [-0.15, -0.1) is 0 Å². The fraction of sp³-hybridized carbons (Fsp3) is 0.0930. The van der Waals surface area contributed by atoms with E-state index in [0.29, 0.717) is 0 Å². The van der Waals surface area contributed by atoms with Crippen molar-refractivity contribution in [3.05, 3.63) is 202 Å². The minimum atomic E-state index is -0.415. The van der Waals surface area contributed by atoms with Crippen LogP contribution in [0.4, 0.5) is 0 Å². The predicted molar refractivity (Wildman–Crippen MR) is 180 cm³/mol. The first-order valence-electron chi connectivity index (χ1n) is 15.7. The summed E-state index contributed by atoms with van der Waals surface area (Å²) in [4.78, 5) is 4.63. The minimum absolute atomic E-state index is 0.392. The number of benzene rings is 6. The molecule has 4 aliphatic rings. The Morgan fingerprint density at radius 1 is 0.432 bits per heavy atom. The molecule has 0 amide bonds. The summed E-state index contributed by atoms with van der Waals surface area (Å²) in [5.74, 6) is 0. The van der Waals surface area contributed by atoms with Crippen LogP contribution in [-0.2, 0) is 17.3 Å². The van der Waals surface area contributed by atoms with Crippen molar-refractivity contribution in [1.82, 2.24) is 0 Å². The van der Waals surface area contributed by atoms with Crippen LogP contribution in [0.3, 0.4) is 0 Å². The van der Waals surface area contributed by atoms with Crippen molar-refractivity contribution in [1.29, 1.82) is 0 Å². The second-order valence-corrected chi connectivity index (χ2v) is 12.6. The highest BCUT2D eigenvalue weighted by Gasteiger charge is 2.58. The summed E-state index contributed by atoms with van der Waals surface area (Å²) in [5.41, 5.74) is 18.2. The number of aliphatic imine (C=N–C) groups is 1. The van der Waals surface area contributed by atoms with Crippen molar-refractivity contribution in [3.8, 4) is 22.3 Å². The van der Waals surface area contributed by atoms with E-state index in [0.717, 1.165) is 12.8 Å². The van der Waals surface area contributed by atoms with E-state index in [9.17, 15) is 0 Å². The monoisotopic (exact) mass is 559 g/mol. The van der Waals surface area contributed by atoms with Gasteiger partial charge >= 0.3 is 0 Å². The van der Waals surface area contributed by atoms with Gasteiger partial charge in [0.05, 0.1) is 10.8 Å². The maximum absolute atomic E-state index is 4.63. The van der Waals surface area contributed by atoms with Crippen LogP contribution in [0.2, 0.25) is 0 Å². The van der Waals surface area contributed by atoms with E-state index in [2.05, 4.69) is 151 Å². The normalized spacial score (nSPS) is 16.6. The third kappa shape index (κ3) is 2.79. The van der Waals surface area contributed by atoms with E-state index in [1.807, 2.05) is 6.20 Å².